The molecule has 2 N–H and O–H groups in total. The highest BCUT2D eigenvalue weighted by atomic mass is 16.7. The smallest absolute Gasteiger partial charge is 0.308 e. The van der Waals surface area contributed by atoms with Gasteiger partial charge in [0.2, 0.25) is 6.79 Å². The number of esters is 5. The minimum atomic E-state index is -0.878. The van der Waals surface area contributed by atoms with E-state index in [-0.39, 0.29) is 44.0 Å². The van der Waals surface area contributed by atoms with Crippen LogP contribution in [-0.4, -0.2) is 77.9 Å². The van der Waals surface area contributed by atoms with Crippen LogP contribution in [0, 0.1) is 0 Å². The van der Waals surface area contributed by atoms with Crippen molar-refractivity contribution in [2.75, 3.05) is 13.4 Å². The molecule has 0 aliphatic rings. The minimum Gasteiger partial charge on any atom is -0.466 e. The van der Waals surface area contributed by atoms with Crippen LogP contribution in [0.4, 0.5) is 0 Å². The van der Waals surface area contributed by atoms with Gasteiger partial charge in [-0.2, -0.15) is 0 Å². The summed E-state index contributed by atoms with van der Waals surface area (Å²) in [5.41, 5.74) is 0. The molecule has 4 unspecified atom stereocenters. The van der Waals surface area contributed by atoms with Gasteiger partial charge in [-0.25, -0.2) is 0 Å². The zero-order valence-corrected chi connectivity index (χ0v) is 30.0. The number of aliphatic hydroxyl groups excluding tert-OH is 2. The van der Waals surface area contributed by atoms with Gasteiger partial charge in [0.1, 0.15) is 12.2 Å². The number of unbranched alkanes of at least 4 members (excludes halogenated alkanes) is 6. The molecule has 0 heterocycles. The second-order valence-electron chi connectivity index (χ2n) is 12.3. The Morgan fingerprint density at radius 3 is 1.33 bits per heavy atom. The molecule has 0 saturated carbocycles. The van der Waals surface area contributed by atoms with Gasteiger partial charge in [0.25, 0.3) is 0 Å². The molecule has 12 heteroatoms. The number of carbonyl (C=O) groups excluding carboxylic acids is 5. The second kappa shape index (κ2) is 30.3. The molecule has 12 nitrogen and oxygen atoms in total. The first-order valence-corrected chi connectivity index (χ1v) is 18.3. The van der Waals surface area contributed by atoms with Crippen LogP contribution in [0.25, 0.3) is 0 Å². The maximum atomic E-state index is 12.4. The predicted octanol–water partition coefficient (Wildman–Crippen LogP) is 6.39. The molecule has 0 rings (SSSR count). The van der Waals surface area contributed by atoms with Gasteiger partial charge in [0.15, 0.2) is 0 Å². The van der Waals surface area contributed by atoms with Crippen molar-refractivity contribution in [2.45, 2.75) is 187 Å². The van der Waals surface area contributed by atoms with E-state index in [1.165, 1.54) is 0 Å². The van der Waals surface area contributed by atoms with E-state index < -0.39 is 49.1 Å². The number of hydrogen-bond acceptors (Lipinski definition) is 12. The fourth-order valence-electron chi connectivity index (χ4n) is 4.92. The summed E-state index contributed by atoms with van der Waals surface area (Å²) in [6, 6.07) is 0. The van der Waals surface area contributed by atoms with Crippen LogP contribution < -0.4 is 0 Å². The predicted molar refractivity (Wildman–Crippen MR) is 179 cm³/mol. The summed E-state index contributed by atoms with van der Waals surface area (Å²) in [7, 11) is 0. The van der Waals surface area contributed by atoms with Crippen molar-refractivity contribution in [3.8, 4) is 0 Å². The van der Waals surface area contributed by atoms with Gasteiger partial charge in [-0.05, 0) is 64.2 Å². The molecular formula is C36H64O12. The topological polar surface area (TPSA) is 172 Å². The molecule has 4 atom stereocenters. The number of aliphatic hydroxyl groups is 2. The van der Waals surface area contributed by atoms with Crippen molar-refractivity contribution >= 4 is 29.8 Å². The highest BCUT2D eigenvalue weighted by Crippen LogP contribution is 2.19. The van der Waals surface area contributed by atoms with Crippen molar-refractivity contribution in [1.82, 2.24) is 0 Å². The third-order valence-corrected chi connectivity index (χ3v) is 7.83. The first-order chi connectivity index (χ1) is 23.1. The maximum absolute atomic E-state index is 12.4. The van der Waals surface area contributed by atoms with Crippen molar-refractivity contribution in [1.29, 1.82) is 0 Å². The standard InChI is InChI=1S/C36H64O12/c1-5-9-11-20-30(47-32(39)8-4)28(37)18-13-15-22-34(41)45-27-46-35(42)23-16-14-19-29(38)31(21-12-10-6-2)48-36(43)25-17-24-33(40)44-26-7-3/h28-31,37-38H,5-27H2,1-4H3. The van der Waals surface area contributed by atoms with Crippen LogP contribution in [0.15, 0.2) is 0 Å². The molecule has 0 fully saturated rings. The molecule has 0 spiro atoms. The molecule has 0 aromatic heterocycles. The zero-order valence-electron chi connectivity index (χ0n) is 30.0. The van der Waals surface area contributed by atoms with Gasteiger partial charge in [0, 0.05) is 32.1 Å². The first-order valence-electron chi connectivity index (χ1n) is 18.3. The van der Waals surface area contributed by atoms with Crippen molar-refractivity contribution in [3.63, 3.8) is 0 Å². The highest BCUT2D eigenvalue weighted by Gasteiger charge is 2.24. The Balaban J connectivity index is 4.29. The van der Waals surface area contributed by atoms with Crippen molar-refractivity contribution < 1.29 is 57.9 Å². The van der Waals surface area contributed by atoms with Gasteiger partial charge in [-0.15, -0.1) is 0 Å². The van der Waals surface area contributed by atoms with Crippen LogP contribution in [0.5, 0.6) is 0 Å². The molecule has 48 heavy (non-hydrogen) atoms. The molecule has 0 aliphatic carbocycles. The molecule has 0 aromatic rings. The normalized spacial score (nSPS) is 13.5. The zero-order chi connectivity index (χ0) is 36.0. The van der Waals surface area contributed by atoms with Crippen LogP contribution in [0.3, 0.4) is 0 Å². The van der Waals surface area contributed by atoms with Crippen molar-refractivity contribution in [3.05, 3.63) is 0 Å². The summed E-state index contributed by atoms with van der Waals surface area (Å²) in [5, 5.41) is 21.2. The van der Waals surface area contributed by atoms with Crippen molar-refractivity contribution in [2.24, 2.45) is 0 Å². The lowest BCUT2D eigenvalue weighted by Gasteiger charge is -2.23. The second-order valence-corrected chi connectivity index (χ2v) is 12.3. The van der Waals surface area contributed by atoms with E-state index in [0.717, 1.165) is 44.9 Å². The number of hydrogen-bond donors (Lipinski definition) is 2. The lowest BCUT2D eigenvalue weighted by Crippen LogP contribution is -2.31. The number of carbonyl (C=O) groups is 5. The van der Waals surface area contributed by atoms with E-state index in [9.17, 15) is 34.2 Å². The summed E-state index contributed by atoms with van der Waals surface area (Å²) in [6.07, 6.45) is 8.24. The highest BCUT2D eigenvalue weighted by molar-refractivity contribution is 5.73. The Hall–Kier alpha value is -2.73. The first kappa shape index (κ1) is 45.3. The Morgan fingerprint density at radius 2 is 0.875 bits per heavy atom. The fraction of sp³-hybridized carbons (Fsp3) is 0.861. The Kier molecular flexibility index (Phi) is 28.6. The molecule has 0 saturated heterocycles. The average molecular weight is 689 g/mol. The van der Waals surface area contributed by atoms with E-state index in [2.05, 4.69) is 13.8 Å². The molecular weight excluding hydrogens is 624 g/mol. The molecule has 280 valence electrons. The van der Waals surface area contributed by atoms with E-state index >= 15 is 0 Å². The number of rotatable bonds is 31. The lowest BCUT2D eigenvalue weighted by molar-refractivity contribution is -0.167. The van der Waals surface area contributed by atoms with Crippen LogP contribution in [0.1, 0.15) is 163 Å². The third-order valence-electron chi connectivity index (χ3n) is 7.83. The summed E-state index contributed by atoms with van der Waals surface area (Å²) < 4.78 is 26.0. The van der Waals surface area contributed by atoms with E-state index in [0.29, 0.717) is 64.4 Å². The molecule has 0 amide bonds. The lowest BCUT2D eigenvalue weighted by atomic mass is 10.0. The van der Waals surface area contributed by atoms with Gasteiger partial charge in [-0.1, -0.05) is 66.2 Å². The van der Waals surface area contributed by atoms with Gasteiger partial charge in [0.05, 0.1) is 18.8 Å². The van der Waals surface area contributed by atoms with E-state index in [4.69, 9.17) is 23.7 Å². The largest absolute Gasteiger partial charge is 0.466 e. The summed E-state index contributed by atoms with van der Waals surface area (Å²) in [5.74, 6) is -2.19. The quantitative estimate of drug-likeness (QED) is 0.0356. The van der Waals surface area contributed by atoms with Crippen LogP contribution in [-0.2, 0) is 47.7 Å². The van der Waals surface area contributed by atoms with Gasteiger partial charge < -0.3 is 33.9 Å². The molecule has 0 aromatic carbocycles. The van der Waals surface area contributed by atoms with E-state index in [1.807, 2.05) is 6.92 Å². The monoisotopic (exact) mass is 688 g/mol. The third kappa shape index (κ3) is 25.3. The molecule has 0 aliphatic heterocycles. The summed E-state index contributed by atoms with van der Waals surface area (Å²) in [4.78, 5) is 59.8. The van der Waals surface area contributed by atoms with Gasteiger partial charge in [-0.3, -0.25) is 24.0 Å². The summed E-state index contributed by atoms with van der Waals surface area (Å²) in [6.45, 7) is 7.62. The minimum absolute atomic E-state index is 0.0646. The number of ether oxygens (including phenoxy) is 5. The molecule has 0 radical (unpaired) electrons. The Morgan fingerprint density at radius 1 is 0.458 bits per heavy atom. The Labute approximate surface area is 287 Å². The Bertz CT molecular complexity index is 877. The van der Waals surface area contributed by atoms with Gasteiger partial charge >= 0.3 is 29.8 Å². The van der Waals surface area contributed by atoms with E-state index in [1.54, 1.807) is 6.92 Å². The molecule has 0 bridgehead atoms. The summed E-state index contributed by atoms with van der Waals surface area (Å²) >= 11 is 0. The van der Waals surface area contributed by atoms with Crippen LogP contribution >= 0.6 is 0 Å². The van der Waals surface area contributed by atoms with Crippen LogP contribution in [0.2, 0.25) is 0 Å². The SMILES string of the molecule is CCCCCC(OC(=O)CC)C(O)CCCCC(=O)OCOC(=O)CCCCC(O)C(CCCCC)OC(=O)CCCC(=O)OCCC. The fourth-order valence-corrected chi connectivity index (χ4v) is 4.92. The average Bonchev–Trinajstić information content (AvgIpc) is 3.06. The maximum Gasteiger partial charge on any atom is 0.308 e.